The van der Waals surface area contributed by atoms with Gasteiger partial charge in [0, 0.05) is 48.6 Å². The third-order valence-electron chi connectivity index (χ3n) is 5.25. The number of H-pyrrole nitrogens is 1. The van der Waals surface area contributed by atoms with Gasteiger partial charge in [-0.25, -0.2) is 0 Å². The van der Waals surface area contributed by atoms with E-state index >= 15 is 0 Å². The number of amides is 1. The maximum Gasteiger partial charge on any atom is 0.270 e. The van der Waals surface area contributed by atoms with Gasteiger partial charge in [0.1, 0.15) is 11.4 Å². The number of nitrogens with zero attached hydrogens (tertiary/aromatic N) is 2. The van der Waals surface area contributed by atoms with Crippen molar-refractivity contribution in [2.75, 3.05) is 33.3 Å². The SMILES string of the molecule is COc1ccc(CN2CCCN(C(=O)c3cc4cc(Cl)ccc4[nH]3)CC2)cc1. The summed E-state index contributed by atoms with van der Waals surface area (Å²) in [6, 6.07) is 15.7. The summed E-state index contributed by atoms with van der Waals surface area (Å²) in [4.78, 5) is 20.5. The van der Waals surface area contributed by atoms with E-state index in [1.165, 1.54) is 5.56 Å². The number of halogens is 1. The standard InChI is InChI=1S/C22H24ClN3O2/c1-28-19-6-3-16(4-7-19)15-25-9-2-10-26(12-11-25)22(27)21-14-17-13-18(23)5-8-20(17)24-21/h3-8,13-14,24H,2,9-12,15H2,1H3. The highest BCUT2D eigenvalue weighted by Gasteiger charge is 2.21. The zero-order chi connectivity index (χ0) is 19.5. The molecule has 1 aliphatic rings. The molecule has 2 aromatic carbocycles. The summed E-state index contributed by atoms with van der Waals surface area (Å²) in [7, 11) is 1.68. The lowest BCUT2D eigenvalue weighted by atomic mass is 10.2. The number of fused-ring (bicyclic) bond motifs is 1. The number of nitrogens with one attached hydrogen (secondary N) is 1. The Kier molecular flexibility index (Phi) is 5.55. The number of methoxy groups -OCH3 is 1. The molecule has 1 saturated heterocycles. The summed E-state index contributed by atoms with van der Waals surface area (Å²) >= 11 is 6.06. The van der Waals surface area contributed by atoms with E-state index in [1.54, 1.807) is 7.11 Å². The van der Waals surface area contributed by atoms with E-state index in [0.717, 1.165) is 55.8 Å². The Bertz CT molecular complexity index is 968. The molecular weight excluding hydrogens is 374 g/mol. The number of hydrogen-bond acceptors (Lipinski definition) is 3. The lowest BCUT2D eigenvalue weighted by Gasteiger charge is -2.21. The number of benzene rings is 2. The number of hydrogen-bond donors (Lipinski definition) is 1. The minimum absolute atomic E-state index is 0.0543. The van der Waals surface area contributed by atoms with Crippen molar-refractivity contribution in [1.82, 2.24) is 14.8 Å². The average molecular weight is 398 g/mol. The Morgan fingerprint density at radius 3 is 2.68 bits per heavy atom. The maximum absolute atomic E-state index is 13.0. The number of rotatable bonds is 4. The summed E-state index contributed by atoms with van der Waals surface area (Å²) in [6.45, 7) is 4.23. The summed E-state index contributed by atoms with van der Waals surface area (Å²) in [5.41, 5.74) is 2.82. The van der Waals surface area contributed by atoms with Gasteiger partial charge in [0.25, 0.3) is 5.91 Å². The smallest absolute Gasteiger partial charge is 0.270 e. The van der Waals surface area contributed by atoms with E-state index in [0.29, 0.717) is 10.7 Å². The van der Waals surface area contributed by atoms with Crippen molar-refractivity contribution >= 4 is 28.4 Å². The van der Waals surface area contributed by atoms with Crippen LogP contribution in [0.4, 0.5) is 0 Å². The minimum Gasteiger partial charge on any atom is -0.497 e. The highest BCUT2D eigenvalue weighted by molar-refractivity contribution is 6.31. The molecule has 6 heteroatoms. The van der Waals surface area contributed by atoms with E-state index in [-0.39, 0.29) is 5.91 Å². The molecule has 2 heterocycles. The topological polar surface area (TPSA) is 48.6 Å². The van der Waals surface area contributed by atoms with E-state index < -0.39 is 0 Å². The Hall–Kier alpha value is -2.50. The molecule has 1 aliphatic heterocycles. The number of aromatic amines is 1. The van der Waals surface area contributed by atoms with Crippen LogP contribution in [0.2, 0.25) is 5.02 Å². The lowest BCUT2D eigenvalue weighted by Crippen LogP contribution is -2.35. The molecule has 146 valence electrons. The van der Waals surface area contributed by atoms with Crippen molar-refractivity contribution < 1.29 is 9.53 Å². The predicted molar refractivity (Wildman–Crippen MR) is 112 cm³/mol. The number of carbonyl (C=O) groups is 1. The van der Waals surface area contributed by atoms with Gasteiger partial charge in [-0.3, -0.25) is 9.69 Å². The van der Waals surface area contributed by atoms with Crippen LogP contribution in [0.1, 0.15) is 22.5 Å². The average Bonchev–Trinajstić information content (AvgIpc) is 2.99. The van der Waals surface area contributed by atoms with Gasteiger partial charge in [-0.15, -0.1) is 0 Å². The Labute approximate surface area is 169 Å². The highest BCUT2D eigenvalue weighted by atomic mass is 35.5. The zero-order valence-electron chi connectivity index (χ0n) is 16.0. The third-order valence-corrected chi connectivity index (χ3v) is 5.49. The van der Waals surface area contributed by atoms with Crippen LogP contribution < -0.4 is 4.74 Å². The molecule has 0 spiro atoms. The molecule has 1 N–H and O–H groups in total. The van der Waals surface area contributed by atoms with Crippen LogP contribution in [0.3, 0.4) is 0 Å². The molecule has 0 atom stereocenters. The van der Waals surface area contributed by atoms with Crippen molar-refractivity contribution in [2.24, 2.45) is 0 Å². The monoisotopic (exact) mass is 397 g/mol. The molecule has 0 aliphatic carbocycles. The molecular formula is C22H24ClN3O2. The van der Waals surface area contributed by atoms with Gasteiger partial charge >= 0.3 is 0 Å². The first-order chi connectivity index (χ1) is 13.6. The van der Waals surface area contributed by atoms with Crippen molar-refractivity contribution in [2.45, 2.75) is 13.0 Å². The molecule has 3 aromatic rings. The number of aromatic nitrogens is 1. The van der Waals surface area contributed by atoms with Gasteiger partial charge in [-0.05, 0) is 48.4 Å². The lowest BCUT2D eigenvalue weighted by molar-refractivity contribution is 0.0756. The Morgan fingerprint density at radius 1 is 1.07 bits per heavy atom. The van der Waals surface area contributed by atoms with E-state index in [2.05, 4.69) is 22.0 Å². The summed E-state index contributed by atoms with van der Waals surface area (Å²) in [5.74, 6) is 0.926. The van der Waals surface area contributed by atoms with Crippen molar-refractivity contribution in [3.8, 4) is 5.75 Å². The maximum atomic E-state index is 13.0. The fourth-order valence-corrected chi connectivity index (χ4v) is 3.89. The quantitative estimate of drug-likeness (QED) is 0.718. The molecule has 0 radical (unpaired) electrons. The summed E-state index contributed by atoms with van der Waals surface area (Å²) in [5, 5.41) is 1.64. The van der Waals surface area contributed by atoms with Crippen molar-refractivity contribution in [3.05, 3.63) is 64.8 Å². The van der Waals surface area contributed by atoms with E-state index in [4.69, 9.17) is 16.3 Å². The van der Waals surface area contributed by atoms with Gasteiger partial charge in [0.2, 0.25) is 0 Å². The van der Waals surface area contributed by atoms with E-state index in [1.807, 2.05) is 41.3 Å². The largest absolute Gasteiger partial charge is 0.497 e. The molecule has 0 unspecified atom stereocenters. The number of carbonyl (C=O) groups excluding carboxylic acids is 1. The molecule has 1 amide bonds. The molecule has 1 fully saturated rings. The first kappa shape index (κ1) is 18.8. The van der Waals surface area contributed by atoms with Gasteiger partial charge in [0.05, 0.1) is 7.11 Å². The van der Waals surface area contributed by atoms with Crippen LogP contribution in [0.5, 0.6) is 5.75 Å². The van der Waals surface area contributed by atoms with Gasteiger partial charge in [-0.1, -0.05) is 23.7 Å². The fourth-order valence-electron chi connectivity index (χ4n) is 3.71. The molecule has 4 rings (SSSR count). The first-order valence-electron chi connectivity index (χ1n) is 9.55. The highest BCUT2D eigenvalue weighted by Crippen LogP contribution is 2.21. The third kappa shape index (κ3) is 4.16. The van der Waals surface area contributed by atoms with Crippen molar-refractivity contribution in [1.29, 1.82) is 0 Å². The first-order valence-corrected chi connectivity index (χ1v) is 9.93. The molecule has 0 saturated carbocycles. The molecule has 1 aromatic heterocycles. The number of ether oxygens (including phenoxy) is 1. The Balaban J connectivity index is 1.40. The van der Waals surface area contributed by atoms with Crippen LogP contribution in [0, 0.1) is 0 Å². The fraction of sp³-hybridized carbons (Fsp3) is 0.318. The van der Waals surface area contributed by atoms with Gasteiger partial charge in [-0.2, -0.15) is 0 Å². The normalized spacial score (nSPS) is 15.6. The van der Waals surface area contributed by atoms with Gasteiger partial charge < -0.3 is 14.6 Å². The zero-order valence-corrected chi connectivity index (χ0v) is 16.7. The second kappa shape index (κ2) is 8.25. The predicted octanol–water partition coefficient (Wildman–Crippen LogP) is 4.18. The summed E-state index contributed by atoms with van der Waals surface area (Å²) < 4.78 is 5.22. The molecule has 28 heavy (non-hydrogen) atoms. The molecule has 0 bridgehead atoms. The van der Waals surface area contributed by atoms with Crippen LogP contribution in [0.15, 0.2) is 48.5 Å². The van der Waals surface area contributed by atoms with Crippen molar-refractivity contribution in [3.63, 3.8) is 0 Å². The van der Waals surface area contributed by atoms with Gasteiger partial charge in [0.15, 0.2) is 0 Å². The van der Waals surface area contributed by atoms with E-state index in [9.17, 15) is 4.79 Å². The molecule has 5 nitrogen and oxygen atoms in total. The summed E-state index contributed by atoms with van der Waals surface area (Å²) in [6.07, 6.45) is 0.966. The second-order valence-corrected chi connectivity index (χ2v) is 7.62. The van der Waals surface area contributed by atoms with Crippen LogP contribution in [0.25, 0.3) is 10.9 Å². The second-order valence-electron chi connectivity index (χ2n) is 7.18. The minimum atomic E-state index is 0.0543. The Morgan fingerprint density at radius 2 is 1.89 bits per heavy atom. The van der Waals surface area contributed by atoms with Crippen LogP contribution >= 0.6 is 11.6 Å². The van der Waals surface area contributed by atoms with Crippen LogP contribution in [-0.2, 0) is 6.54 Å². The van der Waals surface area contributed by atoms with Crippen LogP contribution in [-0.4, -0.2) is 54.0 Å².